The van der Waals surface area contributed by atoms with Gasteiger partial charge in [0.25, 0.3) is 0 Å². The van der Waals surface area contributed by atoms with E-state index in [9.17, 15) is 0 Å². The zero-order valence-electron chi connectivity index (χ0n) is 7.29. The van der Waals surface area contributed by atoms with Gasteiger partial charge in [0.1, 0.15) is 11.9 Å². The lowest BCUT2D eigenvalue weighted by Gasteiger charge is -2.06. The van der Waals surface area contributed by atoms with Gasteiger partial charge < -0.3 is 9.47 Å². The standard InChI is InChI=1S/C9H10BrNO2/c1-12-8-4-9(11-5-7(8)10)13-6-2-3-6/h4-6H,2-3H2,1H3. The van der Waals surface area contributed by atoms with Crippen LogP contribution in [0.15, 0.2) is 16.7 Å². The van der Waals surface area contributed by atoms with Crippen LogP contribution in [0.3, 0.4) is 0 Å². The summed E-state index contributed by atoms with van der Waals surface area (Å²) in [6.07, 6.45) is 4.34. The fraction of sp³-hybridized carbons (Fsp3) is 0.444. The highest BCUT2D eigenvalue weighted by Crippen LogP contribution is 2.30. The number of aromatic nitrogens is 1. The first kappa shape index (κ1) is 8.81. The smallest absolute Gasteiger partial charge is 0.217 e. The number of ether oxygens (including phenoxy) is 2. The fourth-order valence-corrected chi connectivity index (χ4v) is 1.36. The summed E-state index contributed by atoms with van der Waals surface area (Å²) in [4.78, 5) is 4.12. The second-order valence-electron chi connectivity index (χ2n) is 2.97. The molecule has 0 aliphatic heterocycles. The Labute approximate surface area is 85.2 Å². The number of methoxy groups -OCH3 is 1. The summed E-state index contributed by atoms with van der Waals surface area (Å²) < 4.78 is 11.5. The highest BCUT2D eigenvalue weighted by molar-refractivity contribution is 9.10. The summed E-state index contributed by atoms with van der Waals surface area (Å²) in [7, 11) is 1.63. The van der Waals surface area contributed by atoms with Gasteiger partial charge in [-0.3, -0.25) is 0 Å². The number of hydrogen-bond acceptors (Lipinski definition) is 3. The molecule has 1 aromatic heterocycles. The lowest BCUT2D eigenvalue weighted by molar-refractivity contribution is 0.288. The molecule has 1 aliphatic carbocycles. The van der Waals surface area contributed by atoms with Crippen molar-refractivity contribution in [3.05, 3.63) is 16.7 Å². The van der Waals surface area contributed by atoms with Crippen molar-refractivity contribution in [3.8, 4) is 11.6 Å². The van der Waals surface area contributed by atoms with Gasteiger partial charge in [0.05, 0.1) is 11.6 Å². The van der Waals surface area contributed by atoms with Gasteiger partial charge in [0, 0.05) is 12.3 Å². The quantitative estimate of drug-likeness (QED) is 0.818. The molecule has 0 radical (unpaired) electrons. The molecule has 1 fully saturated rings. The maximum Gasteiger partial charge on any atom is 0.217 e. The Kier molecular flexibility index (Phi) is 2.40. The van der Waals surface area contributed by atoms with E-state index < -0.39 is 0 Å². The van der Waals surface area contributed by atoms with Gasteiger partial charge in [-0.05, 0) is 28.8 Å². The van der Waals surface area contributed by atoms with Crippen molar-refractivity contribution >= 4 is 15.9 Å². The molecule has 0 aromatic carbocycles. The van der Waals surface area contributed by atoms with E-state index in [2.05, 4.69) is 20.9 Å². The Bertz CT molecular complexity index is 312. The van der Waals surface area contributed by atoms with Crippen LogP contribution in [0.4, 0.5) is 0 Å². The van der Waals surface area contributed by atoms with Crippen LogP contribution >= 0.6 is 15.9 Å². The molecule has 1 saturated carbocycles. The zero-order valence-corrected chi connectivity index (χ0v) is 8.87. The van der Waals surface area contributed by atoms with Gasteiger partial charge >= 0.3 is 0 Å². The number of pyridine rings is 1. The highest BCUT2D eigenvalue weighted by Gasteiger charge is 2.24. The summed E-state index contributed by atoms with van der Waals surface area (Å²) in [5, 5.41) is 0. The van der Waals surface area contributed by atoms with Gasteiger partial charge in [0.2, 0.25) is 5.88 Å². The van der Waals surface area contributed by atoms with Crippen LogP contribution in [0, 0.1) is 0 Å². The van der Waals surface area contributed by atoms with Gasteiger partial charge in [-0.25, -0.2) is 4.98 Å². The van der Waals surface area contributed by atoms with Crippen LogP contribution in [-0.2, 0) is 0 Å². The van der Waals surface area contributed by atoms with Crippen LogP contribution in [0.5, 0.6) is 11.6 Å². The molecule has 3 nitrogen and oxygen atoms in total. The predicted molar refractivity (Wildman–Crippen MR) is 52.1 cm³/mol. The van der Waals surface area contributed by atoms with E-state index in [1.165, 1.54) is 0 Å². The van der Waals surface area contributed by atoms with E-state index in [-0.39, 0.29) is 0 Å². The molecule has 0 amide bonds. The molecule has 1 heterocycles. The van der Waals surface area contributed by atoms with E-state index in [0.29, 0.717) is 12.0 Å². The minimum Gasteiger partial charge on any atom is -0.495 e. The van der Waals surface area contributed by atoms with Crippen LogP contribution in [0.2, 0.25) is 0 Å². The summed E-state index contributed by atoms with van der Waals surface area (Å²) in [5.41, 5.74) is 0. The molecule has 2 rings (SSSR count). The van der Waals surface area contributed by atoms with Crippen LogP contribution in [-0.4, -0.2) is 18.2 Å². The Balaban J connectivity index is 2.16. The lowest BCUT2D eigenvalue weighted by atomic mass is 10.4. The van der Waals surface area contributed by atoms with Crippen molar-refractivity contribution in [1.29, 1.82) is 0 Å². The first-order valence-electron chi connectivity index (χ1n) is 4.16. The molecular weight excluding hydrogens is 234 g/mol. The van der Waals surface area contributed by atoms with Crippen molar-refractivity contribution in [2.75, 3.05) is 7.11 Å². The highest BCUT2D eigenvalue weighted by atomic mass is 79.9. The second-order valence-corrected chi connectivity index (χ2v) is 3.83. The second kappa shape index (κ2) is 3.54. The predicted octanol–water partition coefficient (Wildman–Crippen LogP) is 2.39. The Morgan fingerprint density at radius 2 is 2.31 bits per heavy atom. The summed E-state index contributed by atoms with van der Waals surface area (Å²) >= 11 is 3.33. The molecule has 1 aromatic rings. The number of nitrogens with zero attached hydrogens (tertiary/aromatic N) is 1. The molecule has 4 heteroatoms. The molecule has 0 atom stereocenters. The van der Waals surface area contributed by atoms with E-state index >= 15 is 0 Å². The van der Waals surface area contributed by atoms with Gasteiger partial charge in [-0.2, -0.15) is 0 Å². The van der Waals surface area contributed by atoms with Gasteiger partial charge in [-0.1, -0.05) is 0 Å². The van der Waals surface area contributed by atoms with Crippen molar-refractivity contribution in [1.82, 2.24) is 4.98 Å². The summed E-state index contributed by atoms with van der Waals surface area (Å²) in [6.45, 7) is 0. The molecule has 0 saturated heterocycles. The van der Waals surface area contributed by atoms with Crippen LogP contribution < -0.4 is 9.47 Å². The zero-order chi connectivity index (χ0) is 9.26. The molecule has 0 bridgehead atoms. The first-order chi connectivity index (χ1) is 6.29. The lowest BCUT2D eigenvalue weighted by Crippen LogP contribution is -1.98. The summed E-state index contributed by atoms with van der Waals surface area (Å²) in [6, 6.07) is 1.79. The molecule has 0 spiro atoms. The van der Waals surface area contributed by atoms with Crippen molar-refractivity contribution in [3.63, 3.8) is 0 Å². The van der Waals surface area contributed by atoms with Gasteiger partial charge in [-0.15, -0.1) is 0 Å². The normalized spacial score (nSPS) is 15.5. The number of halogens is 1. The minimum atomic E-state index is 0.374. The molecule has 0 N–H and O–H groups in total. The van der Waals surface area contributed by atoms with E-state index in [1.54, 1.807) is 19.4 Å². The number of rotatable bonds is 3. The Hall–Kier alpha value is -0.770. The molecule has 13 heavy (non-hydrogen) atoms. The Morgan fingerprint density at radius 3 is 2.92 bits per heavy atom. The average molecular weight is 244 g/mol. The molecular formula is C9H10BrNO2. The van der Waals surface area contributed by atoms with E-state index in [1.807, 2.05) is 0 Å². The van der Waals surface area contributed by atoms with E-state index in [4.69, 9.17) is 9.47 Å². The third kappa shape index (κ3) is 2.12. The van der Waals surface area contributed by atoms with Crippen LogP contribution in [0.1, 0.15) is 12.8 Å². The minimum absolute atomic E-state index is 0.374. The SMILES string of the molecule is COc1cc(OC2CC2)ncc1Br. The topological polar surface area (TPSA) is 31.4 Å². The maximum absolute atomic E-state index is 5.51. The van der Waals surface area contributed by atoms with Gasteiger partial charge in [0.15, 0.2) is 0 Å². The Morgan fingerprint density at radius 1 is 1.54 bits per heavy atom. The molecule has 1 aliphatic rings. The van der Waals surface area contributed by atoms with Crippen LogP contribution in [0.25, 0.3) is 0 Å². The summed E-state index contributed by atoms with van der Waals surface area (Å²) in [5.74, 6) is 1.40. The monoisotopic (exact) mass is 243 g/mol. The third-order valence-electron chi connectivity index (χ3n) is 1.83. The number of hydrogen-bond donors (Lipinski definition) is 0. The molecule has 70 valence electrons. The maximum atomic E-state index is 5.51. The van der Waals surface area contributed by atoms with Crippen molar-refractivity contribution < 1.29 is 9.47 Å². The average Bonchev–Trinajstić information content (AvgIpc) is 2.92. The fourth-order valence-electron chi connectivity index (χ4n) is 0.980. The van der Waals surface area contributed by atoms with Crippen molar-refractivity contribution in [2.24, 2.45) is 0 Å². The largest absolute Gasteiger partial charge is 0.495 e. The van der Waals surface area contributed by atoms with Crippen molar-refractivity contribution in [2.45, 2.75) is 18.9 Å². The first-order valence-corrected chi connectivity index (χ1v) is 4.95. The van der Waals surface area contributed by atoms with E-state index in [0.717, 1.165) is 23.1 Å². The third-order valence-corrected chi connectivity index (χ3v) is 2.42. The molecule has 0 unspecified atom stereocenters.